The number of carbonyl (C=O) groups excluding carboxylic acids is 1. The van der Waals surface area contributed by atoms with Gasteiger partial charge in [-0.15, -0.1) is 0 Å². The zero-order chi connectivity index (χ0) is 15.6. The van der Waals surface area contributed by atoms with Crippen LogP contribution in [-0.2, 0) is 15.0 Å². The largest absolute Gasteiger partial charge is 0.481 e. The van der Waals surface area contributed by atoms with Gasteiger partial charge in [0.2, 0.25) is 5.91 Å². The van der Waals surface area contributed by atoms with Gasteiger partial charge in [0.25, 0.3) is 0 Å². The van der Waals surface area contributed by atoms with E-state index in [1.807, 2.05) is 20.8 Å². The summed E-state index contributed by atoms with van der Waals surface area (Å²) < 4.78 is 0. The van der Waals surface area contributed by atoms with E-state index in [9.17, 15) is 9.59 Å². The summed E-state index contributed by atoms with van der Waals surface area (Å²) in [5.41, 5.74) is 3.03. The van der Waals surface area contributed by atoms with E-state index in [0.29, 0.717) is 6.42 Å². The van der Waals surface area contributed by atoms with E-state index in [-0.39, 0.29) is 18.4 Å². The second-order valence-electron chi connectivity index (χ2n) is 6.27. The number of carbonyl (C=O) groups is 2. The molecule has 0 bridgehead atoms. The lowest BCUT2D eigenvalue weighted by Gasteiger charge is -2.20. The lowest BCUT2D eigenvalue weighted by atomic mass is 9.91. The summed E-state index contributed by atoms with van der Waals surface area (Å²) in [5, 5.41) is 11.7. The fourth-order valence-electron chi connectivity index (χ4n) is 2.80. The zero-order valence-electron chi connectivity index (χ0n) is 12.9. The van der Waals surface area contributed by atoms with E-state index in [2.05, 4.69) is 23.5 Å². The molecule has 2 rings (SSSR count). The second kappa shape index (κ2) is 5.88. The number of nitrogens with one attached hydrogen (secondary N) is 1. The van der Waals surface area contributed by atoms with Gasteiger partial charge in [0.1, 0.15) is 0 Å². The number of carboxylic acid groups (broad SMARTS) is 1. The van der Waals surface area contributed by atoms with E-state index < -0.39 is 11.4 Å². The first kappa shape index (κ1) is 15.5. The number of hydrogen-bond donors (Lipinski definition) is 2. The molecular weight excluding hydrogens is 266 g/mol. The second-order valence-corrected chi connectivity index (χ2v) is 6.27. The number of hydrogen-bond acceptors (Lipinski definition) is 2. The molecule has 1 atom stereocenters. The Bertz CT molecular complexity index is 541. The topological polar surface area (TPSA) is 66.4 Å². The third kappa shape index (κ3) is 3.63. The molecule has 21 heavy (non-hydrogen) atoms. The summed E-state index contributed by atoms with van der Waals surface area (Å²) in [7, 11) is 0. The van der Waals surface area contributed by atoms with Crippen molar-refractivity contribution in [1.82, 2.24) is 5.32 Å². The molecule has 0 radical (unpaired) electrons. The van der Waals surface area contributed by atoms with Gasteiger partial charge >= 0.3 is 5.97 Å². The Kier molecular flexibility index (Phi) is 4.35. The maximum absolute atomic E-state index is 12.5. The highest BCUT2D eigenvalue weighted by atomic mass is 16.4. The molecule has 0 aromatic heterocycles. The van der Waals surface area contributed by atoms with Crippen LogP contribution in [0.5, 0.6) is 0 Å². The van der Waals surface area contributed by atoms with Crippen LogP contribution in [0.25, 0.3) is 0 Å². The summed E-state index contributed by atoms with van der Waals surface area (Å²) in [6, 6.07) is 6.16. The monoisotopic (exact) mass is 289 g/mol. The summed E-state index contributed by atoms with van der Waals surface area (Å²) in [6.45, 7) is 5.94. The number of aliphatic carboxylic acids is 1. The number of benzene rings is 1. The Labute approximate surface area is 125 Å². The van der Waals surface area contributed by atoms with Gasteiger partial charge in [0, 0.05) is 12.5 Å². The quantitative estimate of drug-likeness (QED) is 0.846. The van der Waals surface area contributed by atoms with E-state index in [0.717, 1.165) is 18.4 Å². The fourth-order valence-corrected chi connectivity index (χ4v) is 2.80. The van der Waals surface area contributed by atoms with Crippen molar-refractivity contribution < 1.29 is 14.7 Å². The predicted octanol–water partition coefficient (Wildman–Crippen LogP) is 2.70. The predicted molar refractivity (Wildman–Crippen MR) is 81.3 cm³/mol. The zero-order valence-corrected chi connectivity index (χ0v) is 12.9. The lowest BCUT2D eigenvalue weighted by Crippen LogP contribution is -2.40. The lowest BCUT2D eigenvalue weighted by molar-refractivity contribution is -0.137. The van der Waals surface area contributed by atoms with Gasteiger partial charge in [-0.25, -0.2) is 0 Å². The van der Waals surface area contributed by atoms with Crippen molar-refractivity contribution in [2.45, 2.75) is 57.9 Å². The van der Waals surface area contributed by atoms with Crippen molar-refractivity contribution in [2.24, 2.45) is 0 Å². The van der Waals surface area contributed by atoms with Crippen molar-refractivity contribution in [2.75, 3.05) is 0 Å². The highest BCUT2D eigenvalue weighted by Crippen LogP contribution is 2.49. The number of amides is 1. The third-order valence-electron chi connectivity index (χ3n) is 4.13. The van der Waals surface area contributed by atoms with E-state index in [1.54, 1.807) is 0 Å². The molecule has 1 aliphatic rings. The van der Waals surface area contributed by atoms with E-state index in [1.165, 1.54) is 11.1 Å². The van der Waals surface area contributed by atoms with Crippen molar-refractivity contribution in [3.05, 3.63) is 34.9 Å². The standard InChI is InChI=1S/C17H23NO3/c1-11-8-12(2)10-14(9-11)17(6-7-17)16(21)18-13(3)4-5-15(19)20/h8-10,13H,4-7H2,1-3H3,(H,18,21)(H,19,20). The van der Waals surface area contributed by atoms with Crippen LogP contribution >= 0.6 is 0 Å². The van der Waals surface area contributed by atoms with Gasteiger partial charge in [-0.3, -0.25) is 9.59 Å². The Morgan fingerprint density at radius 2 is 1.81 bits per heavy atom. The van der Waals surface area contributed by atoms with Gasteiger partial charge in [-0.1, -0.05) is 29.3 Å². The SMILES string of the molecule is Cc1cc(C)cc(C2(C(=O)NC(C)CCC(=O)O)CC2)c1. The molecule has 1 saturated carbocycles. The normalized spacial score (nSPS) is 17.1. The minimum Gasteiger partial charge on any atom is -0.481 e. The highest BCUT2D eigenvalue weighted by Gasteiger charge is 2.51. The van der Waals surface area contributed by atoms with Crippen molar-refractivity contribution in [3.63, 3.8) is 0 Å². The molecule has 1 aromatic carbocycles. The molecule has 1 amide bonds. The van der Waals surface area contributed by atoms with Crippen LogP contribution < -0.4 is 5.32 Å². The van der Waals surface area contributed by atoms with Gasteiger partial charge in [0.05, 0.1) is 5.41 Å². The highest BCUT2D eigenvalue weighted by molar-refractivity contribution is 5.91. The molecule has 1 unspecified atom stereocenters. The molecule has 2 N–H and O–H groups in total. The van der Waals surface area contributed by atoms with Crippen LogP contribution in [0, 0.1) is 13.8 Å². The molecule has 1 aliphatic carbocycles. The van der Waals surface area contributed by atoms with Gasteiger partial charge in [-0.2, -0.15) is 0 Å². The third-order valence-corrected chi connectivity index (χ3v) is 4.13. The molecule has 0 heterocycles. The average molecular weight is 289 g/mol. The summed E-state index contributed by atoms with van der Waals surface area (Å²) >= 11 is 0. The molecule has 4 heteroatoms. The van der Waals surface area contributed by atoms with E-state index in [4.69, 9.17) is 5.11 Å². The Hall–Kier alpha value is -1.84. The molecular formula is C17H23NO3. The van der Waals surface area contributed by atoms with Gasteiger partial charge in [0.15, 0.2) is 0 Å². The molecule has 1 aromatic rings. The Morgan fingerprint density at radius 1 is 1.24 bits per heavy atom. The maximum atomic E-state index is 12.5. The van der Waals surface area contributed by atoms with Crippen molar-refractivity contribution >= 4 is 11.9 Å². The summed E-state index contributed by atoms with van der Waals surface area (Å²) in [6.07, 6.45) is 2.28. The molecule has 0 saturated heterocycles. The van der Waals surface area contributed by atoms with Crippen LogP contribution in [0.3, 0.4) is 0 Å². The molecule has 0 aliphatic heterocycles. The minimum absolute atomic E-state index is 0.0328. The molecule has 1 fully saturated rings. The number of aryl methyl sites for hydroxylation is 2. The summed E-state index contributed by atoms with van der Waals surface area (Å²) in [5.74, 6) is -0.795. The van der Waals surface area contributed by atoms with Crippen LogP contribution in [0.15, 0.2) is 18.2 Å². The minimum atomic E-state index is -0.827. The van der Waals surface area contributed by atoms with Crippen molar-refractivity contribution in [3.8, 4) is 0 Å². The smallest absolute Gasteiger partial charge is 0.303 e. The Morgan fingerprint density at radius 3 is 2.29 bits per heavy atom. The molecule has 114 valence electrons. The number of carboxylic acids is 1. The van der Waals surface area contributed by atoms with E-state index >= 15 is 0 Å². The van der Waals surface area contributed by atoms with Gasteiger partial charge < -0.3 is 10.4 Å². The Balaban J connectivity index is 2.06. The molecule has 4 nitrogen and oxygen atoms in total. The first-order valence-corrected chi connectivity index (χ1v) is 7.45. The first-order chi connectivity index (χ1) is 9.83. The van der Waals surface area contributed by atoms with Crippen LogP contribution in [0.1, 0.15) is 49.3 Å². The number of rotatable bonds is 6. The molecule has 0 spiro atoms. The fraction of sp³-hybridized carbons (Fsp3) is 0.529. The van der Waals surface area contributed by atoms with Crippen LogP contribution in [-0.4, -0.2) is 23.0 Å². The maximum Gasteiger partial charge on any atom is 0.303 e. The van der Waals surface area contributed by atoms with Crippen LogP contribution in [0.2, 0.25) is 0 Å². The average Bonchev–Trinajstić information content (AvgIpc) is 3.16. The van der Waals surface area contributed by atoms with Gasteiger partial charge in [-0.05, 0) is 45.6 Å². The van der Waals surface area contributed by atoms with Crippen LogP contribution in [0.4, 0.5) is 0 Å². The summed E-state index contributed by atoms with van der Waals surface area (Å²) in [4.78, 5) is 23.1. The first-order valence-electron chi connectivity index (χ1n) is 7.45. The van der Waals surface area contributed by atoms with Crippen molar-refractivity contribution in [1.29, 1.82) is 0 Å².